The predicted octanol–water partition coefficient (Wildman–Crippen LogP) is 1.46. The van der Waals surface area contributed by atoms with Crippen LogP contribution in [0.1, 0.15) is 13.8 Å². The van der Waals surface area contributed by atoms with Crippen molar-refractivity contribution in [1.82, 2.24) is 4.98 Å². The molecule has 0 unspecified atom stereocenters. The molecule has 2 aromatic rings. The molecule has 0 saturated carbocycles. The number of amides is 1. The number of hydrogen-bond acceptors (Lipinski definition) is 7. The summed E-state index contributed by atoms with van der Waals surface area (Å²) in [6.45, 7) is 8.37. The maximum Gasteiger partial charge on any atom is 0.298 e. The molecule has 0 radical (unpaired) electrons. The fraction of sp³-hybridized carbons (Fsp3) is 0.500. The van der Waals surface area contributed by atoms with Crippen LogP contribution in [0.2, 0.25) is 0 Å². The lowest BCUT2D eigenvalue weighted by molar-refractivity contribution is -0.894. The van der Waals surface area contributed by atoms with E-state index in [-0.39, 0.29) is 11.7 Å². The van der Waals surface area contributed by atoms with Gasteiger partial charge in [-0.25, -0.2) is 4.98 Å². The second-order valence-corrected chi connectivity index (χ2v) is 7.49. The molecule has 9 heteroatoms. The molecule has 0 bridgehead atoms. The molecule has 29 heavy (non-hydrogen) atoms. The molecule has 0 aliphatic carbocycles. The van der Waals surface area contributed by atoms with Gasteiger partial charge >= 0.3 is 0 Å². The number of anilines is 1. The molecule has 1 amide bonds. The molecule has 1 aliphatic heterocycles. The Balaban J connectivity index is 2.00. The number of nitrogens with zero attached hydrogens (tertiary/aromatic N) is 2. The van der Waals surface area contributed by atoms with Crippen LogP contribution in [0.3, 0.4) is 0 Å². The van der Waals surface area contributed by atoms with Gasteiger partial charge < -0.3 is 23.8 Å². The molecule has 1 aromatic carbocycles. The van der Waals surface area contributed by atoms with Crippen LogP contribution in [-0.2, 0) is 14.3 Å². The summed E-state index contributed by atoms with van der Waals surface area (Å²) in [6, 6.07) is 3.66. The number of ether oxygens (including phenoxy) is 4. The summed E-state index contributed by atoms with van der Waals surface area (Å²) in [4.78, 5) is 21.0. The molecule has 0 atom stereocenters. The summed E-state index contributed by atoms with van der Waals surface area (Å²) in [5.74, 6) is 1.28. The molecule has 0 spiro atoms. The van der Waals surface area contributed by atoms with Crippen LogP contribution < -0.4 is 19.3 Å². The maximum absolute atomic E-state index is 13.2. The van der Waals surface area contributed by atoms with Crippen LogP contribution >= 0.6 is 11.3 Å². The van der Waals surface area contributed by atoms with Crippen LogP contribution in [0.4, 0.5) is 5.13 Å². The molecule has 1 aromatic heterocycles. The van der Waals surface area contributed by atoms with Gasteiger partial charge in [-0.3, -0.25) is 9.69 Å². The third kappa shape index (κ3) is 4.56. The van der Waals surface area contributed by atoms with E-state index in [4.69, 9.17) is 23.9 Å². The Morgan fingerprint density at radius 2 is 1.93 bits per heavy atom. The number of likely N-dealkylation sites (N-methyl/N-ethyl adjacent to an activating group) is 1. The van der Waals surface area contributed by atoms with Gasteiger partial charge in [-0.2, -0.15) is 0 Å². The van der Waals surface area contributed by atoms with Crippen molar-refractivity contribution in [3.8, 4) is 11.5 Å². The predicted molar refractivity (Wildman–Crippen MR) is 112 cm³/mol. The number of nitrogens with one attached hydrogen (secondary N) is 1. The number of quaternary nitrogens is 1. The van der Waals surface area contributed by atoms with Gasteiger partial charge in [0.25, 0.3) is 5.91 Å². The normalized spacial score (nSPS) is 13.6. The van der Waals surface area contributed by atoms with Crippen molar-refractivity contribution in [3.63, 3.8) is 0 Å². The summed E-state index contributed by atoms with van der Waals surface area (Å²) in [7, 11) is 3.22. The van der Waals surface area contributed by atoms with Crippen molar-refractivity contribution >= 4 is 32.6 Å². The third-order valence-corrected chi connectivity index (χ3v) is 6.02. The van der Waals surface area contributed by atoms with E-state index in [1.54, 1.807) is 19.1 Å². The smallest absolute Gasteiger partial charge is 0.298 e. The SMILES string of the molecule is CC[NH+](CC)CCN(C(=O)C1=COCCO1)c1nc2c(OC)ccc(OC)c2s1. The molecule has 0 fully saturated rings. The van der Waals surface area contributed by atoms with Crippen LogP contribution in [0, 0.1) is 0 Å². The zero-order valence-electron chi connectivity index (χ0n) is 17.3. The Bertz CT molecular complexity index is 837. The quantitative estimate of drug-likeness (QED) is 0.660. The van der Waals surface area contributed by atoms with Gasteiger partial charge in [0.1, 0.15) is 41.2 Å². The highest BCUT2D eigenvalue weighted by atomic mass is 32.1. The standard InChI is InChI=1S/C20H27N3O5S/c1-5-22(6-2)9-10-23(19(24)16-13-27-11-12-28-16)20-21-17-14(25-3)7-8-15(26-4)18(17)29-20/h7-8,13H,5-6,9-12H2,1-4H3/p+1. The second kappa shape index (κ2) is 9.80. The monoisotopic (exact) mass is 422 g/mol. The van der Waals surface area contributed by atoms with E-state index in [0.717, 1.165) is 24.3 Å². The van der Waals surface area contributed by atoms with E-state index in [0.29, 0.717) is 41.9 Å². The molecule has 1 aliphatic rings. The highest BCUT2D eigenvalue weighted by Crippen LogP contribution is 2.40. The minimum Gasteiger partial charge on any atom is -0.495 e. The highest BCUT2D eigenvalue weighted by molar-refractivity contribution is 7.22. The number of benzene rings is 1. The van der Waals surface area contributed by atoms with Crippen LogP contribution in [0.15, 0.2) is 24.2 Å². The maximum atomic E-state index is 13.2. The molecule has 2 heterocycles. The third-order valence-electron chi connectivity index (χ3n) is 4.92. The molecular weight excluding hydrogens is 394 g/mol. The number of methoxy groups -OCH3 is 2. The number of hydrogen-bond donors (Lipinski definition) is 1. The van der Waals surface area contributed by atoms with E-state index >= 15 is 0 Å². The molecule has 3 rings (SSSR count). The first kappa shape index (κ1) is 21.2. The first-order chi connectivity index (χ1) is 14.1. The lowest BCUT2D eigenvalue weighted by atomic mass is 10.3. The van der Waals surface area contributed by atoms with Crippen LogP contribution in [0.5, 0.6) is 11.5 Å². The average molecular weight is 423 g/mol. The van der Waals surface area contributed by atoms with Crippen molar-refractivity contribution < 1.29 is 28.6 Å². The van der Waals surface area contributed by atoms with Gasteiger partial charge in [0, 0.05) is 0 Å². The summed E-state index contributed by atoms with van der Waals surface area (Å²) < 4.78 is 22.6. The van der Waals surface area contributed by atoms with Gasteiger partial charge in [-0.05, 0) is 26.0 Å². The molecule has 0 saturated heterocycles. The van der Waals surface area contributed by atoms with Gasteiger partial charge in [0.15, 0.2) is 5.13 Å². The van der Waals surface area contributed by atoms with Gasteiger partial charge in [0.05, 0.1) is 40.4 Å². The zero-order chi connectivity index (χ0) is 20.8. The minimum absolute atomic E-state index is 0.198. The fourth-order valence-electron chi connectivity index (χ4n) is 3.16. The summed E-state index contributed by atoms with van der Waals surface area (Å²) in [5.41, 5.74) is 0.676. The van der Waals surface area contributed by atoms with E-state index in [9.17, 15) is 4.79 Å². The van der Waals surface area contributed by atoms with Crippen LogP contribution in [0.25, 0.3) is 10.2 Å². The summed E-state index contributed by atoms with van der Waals surface area (Å²) in [5, 5.41) is 0.578. The second-order valence-electron chi connectivity index (χ2n) is 6.51. The van der Waals surface area contributed by atoms with E-state index in [1.807, 2.05) is 12.1 Å². The Labute approximate surface area is 174 Å². The van der Waals surface area contributed by atoms with Gasteiger partial charge in [-0.15, -0.1) is 0 Å². The number of aromatic nitrogens is 1. The minimum atomic E-state index is -0.256. The van der Waals surface area contributed by atoms with Crippen LogP contribution in [-0.4, -0.2) is 64.5 Å². The first-order valence-electron chi connectivity index (χ1n) is 9.74. The van der Waals surface area contributed by atoms with Crippen molar-refractivity contribution in [2.45, 2.75) is 13.8 Å². The highest BCUT2D eigenvalue weighted by Gasteiger charge is 2.28. The first-order valence-corrected chi connectivity index (χ1v) is 10.6. The molecule has 158 valence electrons. The largest absolute Gasteiger partial charge is 0.495 e. The number of rotatable bonds is 9. The zero-order valence-corrected chi connectivity index (χ0v) is 18.1. The topological polar surface area (TPSA) is 74.6 Å². The molecule has 8 nitrogen and oxygen atoms in total. The molecule has 1 N–H and O–H groups in total. The summed E-state index contributed by atoms with van der Waals surface area (Å²) >= 11 is 1.40. The van der Waals surface area contributed by atoms with Gasteiger partial charge in [-0.1, -0.05) is 11.3 Å². The van der Waals surface area contributed by atoms with Crippen molar-refractivity contribution in [2.75, 3.05) is 58.5 Å². The Kier molecular flexibility index (Phi) is 7.16. The van der Waals surface area contributed by atoms with E-state index in [1.165, 1.54) is 22.5 Å². The van der Waals surface area contributed by atoms with Crippen molar-refractivity contribution in [2.24, 2.45) is 0 Å². The lowest BCUT2D eigenvalue weighted by Gasteiger charge is -2.24. The number of fused-ring (bicyclic) bond motifs is 1. The number of thiazole rings is 1. The average Bonchev–Trinajstić information content (AvgIpc) is 3.21. The van der Waals surface area contributed by atoms with E-state index < -0.39 is 0 Å². The van der Waals surface area contributed by atoms with Gasteiger partial charge in [0.2, 0.25) is 5.76 Å². The fourth-order valence-corrected chi connectivity index (χ4v) is 4.26. The lowest BCUT2D eigenvalue weighted by Crippen LogP contribution is -3.12. The number of carbonyl (C=O) groups excluding carboxylic acids is 1. The summed E-state index contributed by atoms with van der Waals surface area (Å²) in [6.07, 6.45) is 1.39. The Hall–Kier alpha value is -2.52. The van der Waals surface area contributed by atoms with Crippen molar-refractivity contribution in [3.05, 3.63) is 24.2 Å². The van der Waals surface area contributed by atoms with E-state index in [2.05, 4.69) is 13.8 Å². The Morgan fingerprint density at radius 3 is 2.55 bits per heavy atom. The molecular formula is C20H28N3O5S+. The Morgan fingerprint density at radius 1 is 1.21 bits per heavy atom. The van der Waals surface area contributed by atoms with Crippen molar-refractivity contribution in [1.29, 1.82) is 0 Å². The number of carbonyl (C=O) groups is 1.